The lowest BCUT2D eigenvalue weighted by molar-refractivity contribution is 0.0950. The molecule has 1 N–H and O–H groups in total. The molecule has 0 heterocycles. The fourth-order valence-electron chi connectivity index (χ4n) is 2.07. The summed E-state index contributed by atoms with van der Waals surface area (Å²) in [7, 11) is 1.62. The highest BCUT2D eigenvalue weighted by molar-refractivity contribution is 5.99. The first-order chi connectivity index (χ1) is 10.1. The molecule has 0 aliphatic carbocycles. The van der Waals surface area contributed by atoms with Crippen LogP contribution in [0.5, 0.6) is 5.75 Å². The molecule has 21 heavy (non-hydrogen) atoms. The number of halogens is 1. The molecule has 2 aromatic rings. The Morgan fingerprint density at radius 1 is 1.19 bits per heavy atom. The van der Waals surface area contributed by atoms with E-state index < -0.39 is 0 Å². The second-order valence-corrected chi connectivity index (χ2v) is 4.79. The number of rotatable bonds is 6. The molecule has 0 saturated heterocycles. The van der Waals surface area contributed by atoms with Crippen molar-refractivity contribution < 1.29 is 13.9 Å². The number of carbonyl (C=O) groups is 1. The maximum absolute atomic E-state index is 12.9. The van der Waals surface area contributed by atoms with Gasteiger partial charge in [-0.25, -0.2) is 4.39 Å². The van der Waals surface area contributed by atoms with Crippen LogP contribution < -0.4 is 10.1 Å². The highest BCUT2D eigenvalue weighted by Gasteiger charge is 2.15. The monoisotopic (exact) mass is 287 g/mol. The zero-order valence-corrected chi connectivity index (χ0v) is 12.1. The van der Waals surface area contributed by atoms with E-state index in [2.05, 4.69) is 5.32 Å². The van der Waals surface area contributed by atoms with E-state index in [0.717, 1.165) is 11.3 Å². The van der Waals surface area contributed by atoms with Gasteiger partial charge in [-0.15, -0.1) is 0 Å². The number of nitrogens with one attached hydrogen (secondary N) is 1. The van der Waals surface area contributed by atoms with Crippen LogP contribution in [0.15, 0.2) is 48.5 Å². The maximum atomic E-state index is 12.9. The molecular weight excluding hydrogens is 269 g/mol. The molecule has 0 amide bonds. The Labute approximate surface area is 123 Å². The van der Waals surface area contributed by atoms with E-state index in [1.165, 1.54) is 24.3 Å². The number of para-hydroxylation sites is 1. The summed E-state index contributed by atoms with van der Waals surface area (Å²) in [5.41, 5.74) is 1.48. The van der Waals surface area contributed by atoms with Gasteiger partial charge in [-0.05, 0) is 37.3 Å². The number of benzene rings is 2. The third-order valence-electron chi connectivity index (χ3n) is 3.31. The largest absolute Gasteiger partial charge is 0.496 e. The molecule has 0 spiro atoms. The average Bonchev–Trinajstić information content (AvgIpc) is 2.52. The predicted octanol–water partition coefficient (Wildman–Crippen LogP) is 3.20. The van der Waals surface area contributed by atoms with Crippen molar-refractivity contribution in [1.29, 1.82) is 0 Å². The van der Waals surface area contributed by atoms with E-state index in [4.69, 9.17) is 4.74 Å². The van der Waals surface area contributed by atoms with Gasteiger partial charge < -0.3 is 10.1 Å². The molecule has 1 unspecified atom stereocenters. The zero-order chi connectivity index (χ0) is 15.2. The van der Waals surface area contributed by atoms with Crippen LogP contribution in [0.25, 0.3) is 0 Å². The summed E-state index contributed by atoms with van der Waals surface area (Å²) in [6.45, 7) is 2.32. The van der Waals surface area contributed by atoms with Crippen molar-refractivity contribution >= 4 is 5.78 Å². The Hall–Kier alpha value is -2.20. The van der Waals surface area contributed by atoms with Crippen molar-refractivity contribution in [2.75, 3.05) is 7.11 Å². The number of ketones is 1. The van der Waals surface area contributed by atoms with Crippen molar-refractivity contribution in [3.05, 3.63) is 65.5 Å². The summed E-state index contributed by atoms with van der Waals surface area (Å²) in [5.74, 6) is 0.373. The van der Waals surface area contributed by atoms with Crippen LogP contribution in [0, 0.1) is 5.82 Å². The molecule has 4 heteroatoms. The van der Waals surface area contributed by atoms with Gasteiger partial charge in [0.2, 0.25) is 0 Å². The standard InChI is InChI=1S/C17H18FNO2/c1-12(17(20)13-7-9-15(18)10-8-13)19-11-14-5-3-4-6-16(14)21-2/h3-10,12,19H,11H2,1-2H3. The van der Waals surface area contributed by atoms with Gasteiger partial charge in [-0.2, -0.15) is 0 Å². The van der Waals surface area contributed by atoms with E-state index >= 15 is 0 Å². The predicted molar refractivity (Wildman–Crippen MR) is 80.0 cm³/mol. The molecule has 2 rings (SSSR count). The Balaban J connectivity index is 1.99. The molecule has 1 atom stereocenters. The van der Waals surface area contributed by atoms with Gasteiger partial charge in [0.15, 0.2) is 5.78 Å². The van der Waals surface area contributed by atoms with Crippen molar-refractivity contribution in [3.8, 4) is 5.75 Å². The SMILES string of the molecule is COc1ccccc1CNC(C)C(=O)c1ccc(F)cc1. The molecule has 0 aliphatic heterocycles. The van der Waals surface area contributed by atoms with Crippen molar-refractivity contribution in [2.45, 2.75) is 19.5 Å². The normalized spacial score (nSPS) is 12.0. The topological polar surface area (TPSA) is 38.3 Å². The third kappa shape index (κ3) is 3.89. The third-order valence-corrected chi connectivity index (χ3v) is 3.31. The molecule has 2 aromatic carbocycles. The van der Waals surface area contributed by atoms with Crippen LogP contribution in [0.2, 0.25) is 0 Å². The first-order valence-electron chi connectivity index (χ1n) is 6.77. The fraction of sp³-hybridized carbons (Fsp3) is 0.235. The smallest absolute Gasteiger partial charge is 0.179 e. The molecule has 0 aliphatic rings. The zero-order valence-electron chi connectivity index (χ0n) is 12.1. The number of Topliss-reactive ketones (excluding diaryl/α,β-unsaturated/α-hetero) is 1. The quantitative estimate of drug-likeness (QED) is 0.829. The highest BCUT2D eigenvalue weighted by atomic mass is 19.1. The Morgan fingerprint density at radius 2 is 1.86 bits per heavy atom. The molecule has 0 radical (unpaired) electrons. The summed E-state index contributed by atoms with van der Waals surface area (Å²) < 4.78 is 18.1. The van der Waals surface area contributed by atoms with Crippen LogP contribution in [0.4, 0.5) is 4.39 Å². The van der Waals surface area contributed by atoms with E-state index in [-0.39, 0.29) is 17.6 Å². The minimum absolute atomic E-state index is 0.0649. The second-order valence-electron chi connectivity index (χ2n) is 4.79. The highest BCUT2D eigenvalue weighted by Crippen LogP contribution is 2.17. The van der Waals surface area contributed by atoms with Gasteiger partial charge >= 0.3 is 0 Å². The van der Waals surface area contributed by atoms with Gasteiger partial charge in [0, 0.05) is 17.7 Å². The fourth-order valence-corrected chi connectivity index (χ4v) is 2.07. The minimum Gasteiger partial charge on any atom is -0.496 e. The molecule has 110 valence electrons. The van der Waals surface area contributed by atoms with Gasteiger partial charge in [0.25, 0.3) is 0 Å². The molecule has 0 bridgehead atoms. The minimum atomic E-state index is -0.361. The van der Waals surface area contributed by atoms with Crippen molar-refractivity contribution in [3.63, 3.8) is 0 Å². The second kappa shape index (κ2) is 6.99. The molecule has 0 fully saturated rings. The molecule has 0 aromatic heterocycles. The summed E-state index contributed by atoms with van der Waals surface area (Å²) >= 11 is 0. The van der Waals surface area contributed by atoms with Crippen LogP contribution >= 0.6 is 0 Å². The van der Waals surface area contributed by atoms with Gasteiger partial charge in [0.05, 0.1) is 13.2 Å². The Morgan fingerprint density at radius 3 is 2.52 bits per heavy atom. The number of hydrogen-bond acceptors (Lipinski definition) is 3. The lowest BCUT2D eigenvalue weighted by Crippen LogP contribution is -2.33. The van der Waals surface area contributed by atoms with E-state index in [1.807, 2.05) is 24.3 Å². The molecule has 3 nitrogen and oxygen atoms in total. The number of ether oxygens (including phenoxy) is 1. The maximum Gasteiger partial charge on any atom is 0.179 e. The summed E-state index contributed by atoms with van der Waals surface area (Å²) in [6, 6.07) is 12.9. The van der Waals surface area contributed by atoms with Crippen LogP contribution in [-0.4, -0.2) is 18.9 Å². The summed E-state index contributed by atoms with van der Waals surface area (Å²) in [4.78, 5) is 12.2. The van der Waals surface area contributed by atoms with E-state index in [0.29, 0.717) is 12.1 Å². The number of hydrogen-bond donors (Lipinski definition) is 1. The number of carbonyl (C=O) groups excluding carboxylic acids is 1. The van der Waals surface area contributed by atoms with Crippen LogP contribution in [0.1, 0.15) is 22.8 Å². The Bertz CT molecular complexity index is 610. The van der Waals surface area contributed by atoms with E-state index in [9.17, 15) is 9.18 Å². The van der Waals surface area contributed by atoms with Crippen LogP contribution in [0.3, 0.4) is 0 Å². The summed E-state index contributed by atoms with van der Waals surface area (Å²) in [6.07, 6.45) is 0. The first kappa shape index (κ1) is 15.2. The van der Waals surface area contributed by atoms with Crippen molar-refractivity contribution in [1.82, 2.24) is 5.32 Å². The summed E-state index contributed by atoms with van der Waals surface area (Å²) in [5, 5.41) is 3.16. The molecular formula is C17H18FNO2. The lowest BCUT2D eigenvalue weighted by atomic mass is 10.1. The van der Waals surface area contributed by atoms with Crippen LogP contribution in [-0.2, 0) is 6.54 Å². The van der Waals surface area contributed by atoms with Gasteiger partial charge in [0.1, 0.15) is 11.6 Å². The van der Waals surface area contributed by atoms with Crippen molar-refractivity contribution in [2.24, 2.45) is 0 Å². The lowest BCUT2D eigenvalue weighted by Gasteiger charge is -2.14. The average molecular weight is 287 g/mol. The molecule has 0 saturated carbocycles. The van der Waals surface area contributed by atoms with Gasteiger partial charge in [-0.1, -0.05) is 18.2 Å². The Kier molecular flexibility index (Phi) is 5.06. The number of methoxy groups -OCH3 is 1. The first-order valence-corrected chi connectivity index (χ1v) is 6.77. The van der Waals surface area contributed by atoms with Gasteiger partial charge in [-0.3, -0.25) is 4.79 Å². The van der Waals surface area contributed by atoms with E-state index in [1.54, 1.807) is 14.0 Å².